The lowest BCUT2D eigenvalue weighted by atomic mass is 9.97. The molecular formula is C22H20N4. The smallest absolute Gasteiger partial charge is 0.138 e. The number of pyridine rings is 2. The number of benzene rings is 1. The van der Waals surface area contributed by atoms with E-state index in [0.29, 0.717) is 0 Å². The molecule has 3 aromatic heterocycles. The van der Waals surface area contributed by atoms with Gasteiger partial charge in [0, 0.05) is 48.2 Å². The van der Waals surface area contributed by atoms with Gasteiger partial charge in [-0.3, -0.25) is 9.98 Å². The highest BCUT2D eigenvalue weighted by atomic mass is 14.8. The number of aliphatic imine (C=N–C) groups is 1. The summed E-state index contributed by atoms with van der Waals surface area (Å²) in [4.78, 5) is 16.5. The number of fused-ring (bicyclic) bond motifs is 2. The number of nitrogens with one attached hydrogen (secondary N) is 1. The second kappa shape index (κ2) is 6.92. The molecule has 0 radical (unpaired) electrons. The fourth-order valence-corrected chi connectivity index (χ4v) is 3.36. The number of allylic oxidation sites excluding steroid dienone is 2. The number of aromatic nitrogens is 3. The Kier molecular flexibility index (Phi) is 4.32. The van der Waals surface area contributed by atoms with Gasteiger partial charge in [-0.25, -0.2) is 4.98 Å². The van der Waals surface area contributed by atoms with Crippen LogP contribution >= 0.6 is 0 Å². The molecule has 1 aromatic carbocycles. The van der Waals surface area contributed by atoms with E-state index in [2.05, 4.69) is 63.3 Å². The zero-order valence-electron chi connectivity index (χ0n) is 14.9. The van der Waals surface area contributed by atoms with E-state index in [4.69, 9.17) is 0 Å². The van der Waals surface area contributed by atoms with Gasteiger partial charge in [0.25, 0.3) is 0 Å². The lowest BCUT2D eigenvalue weighted by Gasteiger charge is -2.08. The molecule has 0 aliphatic rings. The van der Waals surface area contributed by atoms with E-state index in [-0.39, 0.29) is 0 Å². The van der Waals surface area contributed by atoms with Gasteiger partial charge in [0.2, 0.25) is 0 Å². The maximum absolute atomic E-state index is 4.51. The monoisotopic (exact) mass is 340 g/mol. The Morgan fingerprint density at radius 1 is 1.15 bits per heavy atom. The van der Waals surface area contributed by atoms with Crippen LogP contribution < -0.4 is 0 Å². The van der Waals surface area contributed by atoms with Crippen LogP contribution in [-0.4, -0.2) is 28.2 Å². The molecule has 4 nitrogen and oxygen atoms in total. The fraction of sp³-hybridized carbons (Fsp3) is 0.136. The Bertz CT molecular complexity index is 1140. The van der Waals surface area contributed by atoms with Crippen molar-refractivity contribution in [3.05, 3.63) is 66.6 Å². The highest BCUT2D eigenvalue weighted by Crippen LogP contribution is 2.34. The number of rotatable bonds is 4. The summed E-state index contributed by atoms with van der Waals surface area (Å²) in [5.74, 6) is 0. The summed E-state index contributed by atoms with van der Waals surface area (Å²) in [7, 11) is 1.80. The first-order chi connectivity index (χ1) is 12.8. The molecule has 4 aromatic rings. The van der Waals surface area contributed by atoms with E-state index in [1.165, 1.54) is 0 Å². The van der Waals surface area contributed by atoms with Crippen molar-refractivity contribution in [3.63, 3.8) is 0 Å². The predicted octanol–water partition coefficient (Wildman–Crippen LogP) is 5.27. The Morgan fingerprint density at radius 3 is 2.92 bits per heavy atom. The summed E-state index contributed by atoms with van der Waals surface area (Å²) >= 11 is 0. The van der Waals surface area contributed by atoms with Gasteiger partial charge in [-0.05, 0) is 47.4 Å². The second-order valence-corrected chi connectivity index (χ2v) is 6.15. The van der Waals surface area contributed by atoms with Crippen LogP contribution in [0.3, 0.4) is 0 Å². The van der Waals surface area contributed by atoms with Crippen LogP contribution in [0, 0.1) is 0 Å². The summed E-state index contributed by atoms with van der Waals surface area (Å²) in [5, 5.41) is 2.25. The average molecular weight is 340 g/mol. The van der Waals surface area contributed by atoms with Crippen LogP contribution in [0.25, 0.3) is 38.6 Å². The fourth-order valence-electron chi connectivity index (χ4n) is 3.36. The van der Waals surface area contributed by atoms with Crippen molar-refractivity contribution in [1.82, 2.24) is 15.0 Å². The summed E-state index contributed by atoms with van der Waals surface area (Å²) in [5.41, 5.74) is 6.43. The first-order valence-corrected chi connectivity index (χ1v) is 8.75. The first-order valence-electron chi connectivity index (χ1n) is 8.75. The molecule has 0 fully saturated rings. The van der Waals surface area contributed by atoms with Crippen molar-refractivity contribution < 1.29 is 0 Å². The van der Waals surface area contributed by atoms with Gasteiger partial charge in [-0.2, -0.15) is 0 Å². The molecular weight excluding hydrogens is 320 g/mol. The zero-order chi connectivity index (χ0) is 17.9. The number of aromatic amines is 1. The van der Waals surface area contributed by atoms with Crippen LogP contribution in [0.4, 0.5) is 0 Å². The van der Waals surface area contributed by atoms with Gasteiger partial charge in [0.15, 0.2) is 0 Å². The van der Waals surface area contributed by atoms with Crippen molar-refractivity contribution in [1.29, 1.82) is 0 Å². The Balaban J connectivity index is 1.97. The summed E-state index contributed by atoms with van der Waals surface area (Å²) in [6.07, 6.45) is 10.8. The molecule has 0 atom stereocenters. The molecule has 0 aliphatic carbocycles. The molecule has 4 heteroatoms. The van der Waals surface area contributed by atoms with Crippen LogP contribution in [0.15, 0.2) is 66.1 Å². The molecule has 0 saturated heterocycles. The Hall–Kier alpha value is -3.27. The first kappa shape index (κ1) is 16.2. The normalized spacial score (nSPS) is 12.5. The van der Waals surface area contributed by atoms with Crippen molar-refractivity contribution in [2.75, 3.05) is 7.05 Å². The van der Waals surface area contributed by atoms with Gasteiger partial charge in [-0.1, -0.05) is 25.1 Å². The summed E-state index contributed by atoms with van der Waals surface area (Å²) in [6.45, 7) is 2.14. The minimum atomic E-state index is 0.885. The number of hydrogen-bond acceptors (Lipinski definition) is 3. The standard InChI is InChI=1S/C22H20N4/c1-3-5-17(13-23-2)18-9-11-25-22-21(18)19(14-26-22)15-7-8-20-16(12-15)6-4-10-24-20/h4-14H,3H2,1-2H3,(H,25,26)/b17-5+,23-13?. The van der Waals surface area contributed by atoms with Crippen molar-refractivity contribution in [3.8, 4) is 11.1 Å². The van der Waals surface area contributed by atoms with Gasteiger partial charge in [-0.15, -0.1) is 0 Å². The average Bonchev–Trinajstić information content (AvgIpc) is 3.12. The quantitative estimate of drug-likeness (QED) is 0.514. The molecule has 0 bridgehead atoms. The topological polar surface area (TPSA) is 53.9 Å². The van der Waals surface area contributed by atoms with E-state index in [1.54, 1.807) is 7.05 Å². The third-order valence-electron chi connectivity index (χ3n) is 4.49. The van der Waals surface area contributed by atoms with Crippen LogP contribution in [0.5, 0.6) is 0 Å². The minimum Gasteiger partial charge on any atom is -0.345 e. The molecule has 1 N–H and O–H groups in total. The Labute approximate surface area is 152 Å². The molecule has 0 spiro atoms. The van der Waals surface area contributed by atoms with Crippen LogP contribution in [0.2, 0.25) is 0 Å². The highest BCUT2D eigenvalue weighted by molar-refractivity contribution is 6.16. The van der Waals surface area contributed by atoms with Gasteiger partial charge >= 0.3 is 0 Å². The van der Waals surface area contributed by atoms with Crippen molar-refractivity contribution in [2.45, 2.75) is 13.3 Å². The molecule has 3 heterocycles. The highest BCUT2D eigenvalue weighted by Gasteiger charge is 2.13. The molecule has 26 heavy (non-hydrogen) atoms. The maximum atomic E-state index is 4.51. The molecule has 128 valence electrons. The Morgan fingerprint density at radius 2 is 2.08 bits per heavy atom. The van der Waals surface area contributed by atoms with E-state index in [9.17, 15) is 0 Å². The van der Waals surface area contributed by atoms with Gasteiger partial charge in [0.1, 0.15) is 5.65 Å². The molecule has 0 aliphatic heterocycles. The predicted molar refractivity (Wildman–Crippen MR) is 110 cm³/mol. The zero-order valence-corrected chi connectivity index (χ0v) is 14.9. The minimum absolute atomic E-state index is 0.885. The lowest BCUT2D eigenvalue weighted by Crippen LogP contribution is -1.91. The van der Waals surface area contributed by atoms with E-state index in [0.717, 1.165) is 50.6 Å². The molecule has 0 amide bonds. The molecule has 0 unspecified atom stereocenters. The number of H-pyrrole nitrogens is 1. The van der Waals surface area contributed by atoms with E-state index < -0.39 is 0 Å². The van der Waals surface area contributed by atoms with Crippen LogP contribution in [-0.2, 0) is 0 Å². The lowest BCUT2D eigenvalue weighted by molar-refractivity contribution is 1.23. The number of nitrogens with zero attached hydrogens (tertiary/aromatic N) is 3. The third kappa shape index (κ3) is 2.80. The van der Waals surface area contributed by atoms with Crippen molar-refractivity contribution >= 4 is 33.7 Å². The maximum Gasteiger partial charge on any atom is 0.138 e. The van der Waals surface area contributed by atoms with E-state index in [1.807, 2.05) is 30.9 Å². The summed E-state index contributed by atoms with van der Waals surface area (Å²) < 4.78 is 0. The molecule has 4 rings (SSSR count). The van der Waals surface area contributed by atoms with E-state index >= 15 is 0 Å². The number of hydrogen-bond donors (Lipinski definition) is 1. The third-order valence-corrected chi connectivity index (χ3v) is 4.49. The summed E-state index contributed by atoms with van der Waals surface area (Å²) in [6, 6.07) is 12.5. The second-order valence-electron chi connectivity index (χ2n) is 6.15. The van der Waals surface area contributed by atoms with Gasteiger partial charge < -0.3 is 4.98 Å². The van der Waals surface area contributed by atoms with Crippen molar-refractivity contribution in [2.24, 2.45) is 4.99 Å². The molecule has 0 saturated carbocycles. The SMILES string of the molecule is CC/C=C(\C=NC)c1ccnc2[nH]cc(-c3ccc4ncccc4c3)c12. The van der Waals surface area contributed by atoms with Crippen LogP contribution in [0.1, 0.15) is 18.9 Å². The largest absolute Gasteiger partial charge is 0.345 e. The van der Waals surface area contributed by atoms with Gasteiger partial charge in [0.05, 0.1) is 5.52 Å².